The highest BCUT2D eigenvalue weighted by molar-refractivity contribution is 7.12. The molecule has 0 fully saturated rings. The summed E-state index contributed by atoms with van der Waals surface area (Å²) in [5, 5.41) is 27.0. The number of carboxylic acid groups (broad SMARTS) is 1. The molecule has 238 valence electrons. The third-order valence-corrected chi connectivity index (χ3v) is 7.63. The van der Waals surface area contributed by atoms with Gasteiger partial charge in [-0.15, -0.1) is 11.3 Å². The maximum absolute atomic E-state index is 14.2. The lowest BCUT2D eigenvalue weighted by molar-refractivity contribution is 0.0513. The molecule has 13 heteroatoms. The van der Waals surface area contributed by atoms with Gasteiger partial charge in [-0.1, -0.05) is 18.2 Å². The third-order valence-electron chi connectivity index (χ3n) is 6.76. The molecule has 11 nitrogen and oxygen atoms in total. The summed E-state index contributed by atoms with van der Waals surface area (Å²) >= 11 is 1.22. The number of ether oxygens (including phenoxy) is 2. The van der Waals surface area contributed by atoms with Crippen molar-refractivity contribution in [1.82, 2.24) is 15.2 Å². The fourth-order valence-electron chi connectivity index (χ4n) is 4.57. The van der Waals surface area contributed by atoms with Crippen LogP contribution in [0.15, 0.2) is 66.0 Å². The van der Waals surface area contributed by atoms with E-state index in [0.29, 0.717) is 21.6 Å². The number of rotatable bonds is 11. The van der Waals surface area contributed by atoms with Gasteiger partial charge in [0, 0.05) is 48.5 Å². The van der Waals surface area contributed by atoms with Crippen molar-refractivity contribution in [1.29, 1.82) is 5.26 Å². The number of hydrogen-bond acceptors (Lipinski definition) is 8. The van der Waals surface area contributed by atoms with Crippen molar-refractivity contribution in [2.24, 2.45) is 0 Å². The molecule has 2 aromatic carbocycles. The first-order valence-corrected chi connectivity index (χ1v) is 14.9. The number of benzene rings is 2. The number of carbonyl (C=O) groups is 3. The average Bonchev–Trinajstić information content (AvgIpc) is 3.56. The smallest absolute Gasteiger partial charge is 0.407 e. The predicted octanol–water partition coefficient (Wildman–Crippen LogP) is 6.23. The first-order chi connectivity index (χ1) is 21.9. The maximum Gasteiger partial charge on any atom is 0.407 e. The molecule has 2 heterocycles. The Hall–Kier alpha value is -5.32. The topological polar surface area (TPSA) is 154 Å². The molecule has 0 unspecified atom stereocenters. The molecule has 4 rings (SSSR count). The van der Waals surface area contributed by atoms with Gasteiger partial charge in [-0.2, -0.15) is 5.26 Å². The number of nitrogens with zero attached hydrogens (tertiary/aromatic N) is 3. The van der Waals surface area contributed by atoms with Gasteiger partial charge in [-0.05, 0) is 68.1 Å². The van der Waals surface area contributed by atoms with E-state index in [1.807, 2.05) is 0 Å². The Morgan fingerprint density at radius 2 is 1.85 bits per heavy atom. The first kappa shape index (κ1) is 33.6. The molecule has 2 aromatic heterocycles. The maximum atomic E-state index is 14.2. The Morgan fingerprint density at radius 1 is 1.07 bits per heavy atom. The second kappa shape index (κ2) is 14.6. The Morgan fingerprint density at radius 3 is 2.50 bits per heavy atom. The molecule has 0 saturated heterocycles. The molecule has 0 spiro atoms. The first-order valence-electron chi connectivity index (χ1n) is 14.0. The number of thiophene rings is 1. The van der Waals surface area contributed by atoms with Gasteiger partial charge in [0.1, 0.15) is 23.2 Å². The molecular formula is C33H32FN5O6S. The van der Waals surface area contributed by atoms with Crippen molar-refractivity contribution in [2.45, 2.75) is 26.3 Å². The van der Waals surface area contributed by atoms with E-state index in [9.17, 15) is 29.1 Å². The summed E-state index contributed by atoms with van der Waals surface area (Å²) in [5.41, 5.74) is 1.07. The Labute approximate surface area is 269 Å². The van der Waals surface area contributed by atoms with Gasteiger partial charge in [0.15, 0.2) is 12.6 Å². The minimum Gasteiger partial charge on any atom is -0.467 e. The summed E-state index contributed by atoms with van der Waals surface area (Å²) in [6.45, 7) is 5.27. The van der Waals surface area contributed by atoms with Crippen molar-refractivity contribution in [3.63, 3.8) is 0 Å². The molecule has 0 atom stereocenters. The number of nitriles is 1. The lowest BCUT2D eigenvalue weighted by Gasteiger charge is -2.33. The number of pyridine rings is 1. The molecule has 0 radical (unpaired) electrons. The lowest BCUT2D eigenvalue weighted by Crippen LogP contribution is -2.48. The van der Waals surface area contributed by atoms with E-state index in [1.54, 1.807) is 68.6 Å². The van der Waals surface area contributed by atoms with Crippen LogP contribution in [0.25, 0.3) is 22.4 Å². The average molecular weight is 646 g/mol. The van der Waals surface area contributed by atoms with Crippen molar-refractivity contribution in [2.75, 3.05) is 32.3 Å². The highest BCUT2D eigenvalue weighted by atomic mass is 32.1. The van der Waals surface area contributed by atoms with Crippen LogP contribution in [0.5, 0.6) is 5.75 Å². The Balaban J connectivity index is 1.76. The number of hydrogen-bond donors (Lipinski definition) is 3. The van der Waals surface area contributed by atoms with Gasteiger partial charge >= 0.3 is 6.09 Å². The van der Waals surface area contributed by atoms with Crippen LogP contribution >= 0.6 is 11.3 Å². The zero-order valence-corrected chi connectivity index (χ0v) is 26.4. The zero-order chi connectivity index (χ0) is 33.4. The van der Waals surface area contributed by atoms with E-state index in [0.717, 1.165) is 0 Å². The number of carbonyl (C=O) groups excluding carboxylic acids is 2. The summed E-state index contributed by atoms with van der Waals surface area (Å²) < 4.78 is 24.8. The summed E-state index contributed by atoms with van der Waals surface area (Å²) in [7, 11) is 1.42. The standard InChI is InChI=1S/C33H32FN5O6S/c1-33(2,3)39(32(42)43)13-12-36-30(40)21-8-5-7-20(15-21)24-17-26(23-11-10-22(34)16-27(23)45-19-44-4)37-29(25(24)18-35)38-31(41)28-9-6-14-46-28/h5-11,14-17H,12-13,19H2,1-4H3,(H,36,40)(H,42,43)(H,37,38,41). The molecule has 46 heavy (non-hydrogen) atoms. The molecule has 0 bridgehead atoms. The van der Waals surface area contributed by atoms with Crippen molar-refractivity contribution in [3.05, 3.63) is 87.9 Å². The number of aromatic nitrogens is 1. The van der Waals surface area contributed by atoms with E-state index in [-0.39, 0.29) is 48.3 Å². The molecule has 0 aliphatic heterocycles. The van der Waals surface area contributed by atoms with Crippen molar-refractivity contribution >= 4 is 35.1 Å². The predicted molar refractivity (Wildman–Crippen MR) is 171 cm³/mol. The molecule has 4 aromatic rings. The Kier molecular flexibility index (Phi) is 10.7. The molecular weight excluding hydrogens is 613 g/mol. The number of anilines is 1. The van der Waals surface area contributed by atoms with E-state index < -0.39 is 29.3 Å². The van der Waals surface area contributed by atoms with Crippen LogP contribution in [0.2, 0.25) is 0 Å². The quantitative estimate of drug-likeness (QED) is 0.162. The summed E-state index contributed by atoms with van der Waals surface area (Å²) in [6, 6.07) is 17.4. The van der Waals surface area contributed by atoms with Gasteiger partial charge in [-0.25, -0.2) is 14.2 Å². The summed E-state index contributed by atoms with van der Waals surface area (Å²) in [4.78, 5) is 44.0. The minimum atomic E-state index is -1.10. The van der Waals surface area contributed by atoms with Crippen LogP contribution in [0, 0.1) is 17.1 Å². The number of nitrogens with one attached hydrogen (secondary N) is 2. The number of amides is 3. The van der Waals surface area contributed by atoms with Crippen LogP contribution in [0.4, 0.5) is 15.0 Å². The second-order valence-electron chi connectivity index (χ2n) is 11.0. The van der Waals surface area contributed by atoms with E-state index >= 15 is 0 Å². The molecule has 0 aliphatic carbocycles. The second-order valence-corrected chi connectivity index (χ2v) is 11.9. The Bertz CT molecular complexity index is 1780. The molecule has 0 saturated carbocycles. The monoisotopic (exact) mass is 645 g/mol. The van der Waals surface area contributed by atoms with Crippen LogP contribution in [0.3, 0.4) is 0 Å². The van der Waals surface area contributed by atoms with Gasteiger partial charge in [-0.3, -0.25) is 9.59 Å². The van der Waals surface area contributed by atoms with E-state index in [1.165, 1.54) is 41.5 Å². The zero-order valence-electron chi connectivity index (χ0n) is 25.6. The normalized spacial score (nSPS) is 11.0. The highest BCUT2D eigenvalue weighted by Crippen LogP contribution is 2.37. The number of methoxy groups -OCH3 is 1. The largest absolute Gasteiger partial charge is 0.467 e. The van der Waals surface area contributed by atoms with Crippen LogP contribution in [0.1, 0.15) is 46.4 Å². The van der Waals surface area contributed by atoms with Gasteiger partial charge in [0.05, 0.1) is 10.6 Å². The molecule has 0 aliphatic rings. The van der Waals surface area contributed by atoms with Crippen molar-refractivity contribution in [3.8, 4) is 34.2 Å². The highest BCUT2D eigenvalue weighted by Gasteiger charge is 2.26. The van der Waals surface area contributed by atoms with E-state index in [4.69, 9.17) is 9.47 Å². The van der Waals surface area contributed by atoms with Crippen LogP contribution in [-0.4, -0.2) is 65.4 Å². The fourth-order valence-corrected chi connectivity index (χ4v) is 5.19. The SMILES string of the molecule is COCOc1cc(F)ccc1-c1cc(-c2cccc(C(=O)NCCN(C(=O)O)C(C)(C)C)c2)c(C#N)c(NC(=O)c2cccs2)n1. The number of halogens is 1. The molecule has 3 N–H and O–H groups in total. The van der Waals surface area contributed by atoms with E-state index in [2.05, 4.69) is 21.7 Å². The van der Waals surface area contributed by atoms with Crippen LogP contribution < -0.4 is 15.4 Å². The van der Waals surface area contributed by atoms with Gasteiger partial charge < -0.3 is 30.1 Å². The van der Waals surface area contributed by atoms with Crippen molar-refractivity contribution < 1.29 is 33.4 Å². The fraction of sp³-hybridized carbons (Fsp3) is 0.242. The summed E-state index contributed by atoms with van der Waals surface area (Å²) in [6.07, 6.45) is -1.10. The van der Waals surface area contributed by atoms with Gasteiger partial charge in [0.2, 0.25) is 0 Å². The summed E-state index contributed by atoms with van der Waals surface area (Å²) in [5.74, 6) is -1.40. The van der Waals surface area contributed by atoms with Gasteiger partial charge in [0.25, 0.3) is 11.8 Å². The minimum absolute atomic E-state index is 0.0370. The third kappa shape index (κ3) is 8.03. The molecule has 3 amide bonds. The van der Waals surface area contributed by atoms with Crippen LogP contribution in [-0.2, 0) is 4.74 Å². The lowest BCUT2D eigenvalue weighted by atomic mass is 9.96.